The number of nitrogens with zero attached hydrogens (tertiary/aromatic N) is 1. The quantitative estimate of drug-likeness (QED) is 0.658. The van der Waals surface area contributed by atoms with Gasteiger partial charge in [-0.15, -0.1) is 0 Å². The van der Waals surface area contributed by atoms with Crippen LogP contribution in [0.1, 0.15) is 5.56 Å². The number of aryl methyl sites for hydroxylation is 1. The molecule has 1 N–H and O–H groups in total. The fourth-order valence-corrected chi connectivity index (χ4v) is 3.89. The molecule has 0 aromatic heterocycles. The summed E-state index contributed by atoms with van der Waals surface area (Å²) in [7, 11) is -4.17. The molecule has 0 atom stereocenters. The number of nitrogens with one attached hydrogen (secondary N) is 1. The molecule has 2 rings (SSSR count). The van der Waals surface area contributed by atoms with Crippen LogP contribution in [0.3, 0.4) is 0 Å². The number of sulfonamides is 1. The highest BCUT2D eigenvalue weighted by Gasteiger charge is 2.28. The molecule has 0 aliphatic carbocycles. The first-order valence-electron chi connectivity index (χ1n) is 5.94. The second-order valence-electron chi connectivity index (χ2n) is 4.41. The van der Waals surface area contributed by atoms with Crippen LogP contribution in [0.4, 0.5) is 11.4 Å². The van der Waals surface area contributed by atoms with E-state index >= 15 is 0 Å². The summed E-state index contributed by atoms with van der Waals surface area (Å²) in [6.07, 6.45) is 0. The Morgan fingerprint density at radius 1 is 1.18 bits per heavy atom. The van der Waals surface area contributed by atoms with Gasteiger partial charge in [-0.25, -0.2) is 8.42 Å². The smallest absolute Gasteiger partial charge is 0.278 e. The van der Waals surface area contributed by atoms with E-state index in [1.165, 1.54) is 37.3 Å². The van der Waals surface area contributed by atoms with Gasteiger partial charge in [0, 0.05) is 11.1 Å². The zero-order valence-corrected chi connectivity index (χ0v) is 13.5. The van der Waals surface area contributed by atoms with Gasteiger partial charge in [0.15, 0.2) is 4.90 Å². The molecule has 0 aliphatic rings. The van der Waals surface area contributed by atoms with Gasteiger partial charge in [0.1, 0.15) is 0 Å². The Morgan fingerprint density at radius 3 is 2.45 bits per heavy atom. The van der Waals surface area contributed by atoms with Gasteiger partial charge in [0.05, 0.1) is 15.6 Å². The van der Waals surface area contributed by atoms with Crippen LogP contribution in [-0.2, 0) is 10.0 Å². The number of anilines is 1. The van der Waals surface area contributed by atoms with Gasteiger partial charge in [-0.3, -0.25) is 14.8 Å². The molecule has 2 aromatic carbocycles. The average molecular weight is 361 g/mol. The van der Waals surface area contributed by atoms with Crippen LogP contribution in [0.15, 0.2) is 41.3 Å². The highest BCUT2D eigenvalue weighted by atomic mass is 35.5. The monoisotopic (exact) mass is 360 g/mol. The number of hydrogen-bond acceptors (Lipinski definition) is 4. The highest BCUT2D eigenvalue weighted by Crippen LogP contribution is 2.31. The number of halogens is 2. The zero-order chi connectivity index (χ0) is 16.5. The molecule has 0 saturated heterocycles. The maximum Gasteiger partial charge on any atom is 0.290 e. The Bertz CT molecular complexity index is 853. The van der Waals surface area contributed by atoms with E-state index < -0.39 is 25.5 Å². The molecular formula is C13H10Cl2N2O4S. The van der Waals surface area contributed by atoms with Crippen molar-refractivity contribution in [2.75, 3.05) is 4.72 Å². The molecule has 0 saturated carbocycles. The molecule has 2 aromatic rings. The number of hydrogen-bond donors (Lipinski definition) is 1. The summed E-state index contributed by atoms with van der Waals surface area (Å²) in [4.78, 5) is 9.91. The van der Waals surface area contributed by atoms with Crippen LogP contribution < -0.4 is 4.72 Å². The second kappa shape index (κ2) is 6.12. The van der Waals surface area contributed by atoms with Crippen molar-refractivity contribution in [3.8, 4) is 0 Å². The van der Waals surface area contributed by atoms with Gasteiger partial charge >= 0.3 is 0 Å². The van der Waals surface area contributed by atoms with Crippen molar-refractivity contribution in [2.24, 2.45) is 0 Å². The minimum absolute atomic E-state index is 0.0867. The van der Waals surface area contributed by atoms with Crippen molar-refractivity contribution in [1.29, 1.82) is 0 Å². The lowest BCUT2D eigenvalue weighted by Crippen LogP contribution is -2.16. The van der Waals surface area contributed by atoms with Crippen molar-refractivity contribution >= 4 is 44.6 Å². The van der Waals surface area contributed by atoms with Gasteiger partial charge in [-0.1, -0.05) is 35.3 Å². The Labute approximate surface area is 136 Å². The van der Waals surface area contributed by atoms with Gasteiger partial charge in [0.25, 0.3) is 15.7 Å². The normalized spacial score (nSPS) is 11.2. The Morgan fingerprint density at radius 2 is 1.86 bits per heavy atom. The number of rotatable bonds is 4. The van der Waals surface area contributed by atoms with Crippen molar-refractivity contribution in [3.63, 3.8) is 0 Å². The van der Waals surface area contributed by atoms with Gasteiger partial charge in [-0.05, 0) is 30.7 Å². The topological polar surface area (TPSA) is 89.3 Å². The van der Waals surface area contributed by atoms with Gasteiger partial charge in [0.2, 0.25) is 0 Å². The van der Waals surface area contributed by atoms with E-state index in [1.54, 1.807) is 0 Å². The number of benzene rings is 2. The first-order valence-corrected chi connectivity index (χ1v) is 8.18. The van der Waals surface area contributed by atoms with E-state index in [0.717, 1.165) is 6.07 Å². The summed E-state index contributed by atoms with van der Waals surface area (Å²) in [5.74, 6) is 0. The van der Waals surface area contributed by atoms with E-state index in [0.29, 0.717) is 5.02 Å². The van der Waals surface area contributed by atoms with Crippen LogP contribution in [0.25, 0.3) is 0 Å². The van der Waals surface area contributed by atoms with E-state index in [1.807, 2.05) is 0 Å². The second-order valence-corrected chi connectivity index (χ2v) is 6.87. The standard InChI is InChI=1S/C13H10Cl2N2O4S/c1-8-3-2-4-12(17(18)19)13(8)22(20,21)16-11-6-5-9(14)7-10(11)15/h2-7,16H,1H3. The lowest BCUT2D eigenvalue weighted by molar-refractivity contribution is -0.387. The molecule has 6 nitrogen and oxygen atoms in total. The fourth-order valence-electron chi connectivity index (χ4n) is 1.90. The molecule has 0 spiro atoms. The first-order chi connectivity index (χ1) is 10.2. The molecule has 116 valence electrons. The molecule has 9 heteroatoms. The molecule has 0 heterocycles. The van der Waals surface area contributed by atoms with Crippen molar-refractivity contribution in [1.82, 2.24) is 0 Å². The molecular weight excluding hydrogens is 351 g/mol. The molecule has 0 radical (unpaired) electrons. The van der Waals surface area contributed by atoms with Crippen LogP contribution >= 0.6 is 23.2 Å². The SMILES string of the molecule is Cc1cccc([N+](=O)[O-])c1S(=O)(=O)Nc1ccc(Cl)cc1Cl. The summed E-state index contributed by atoms with van der Waals surface area (Å²) in [6.45, 7) is 1.48. The molecule has 0 unspecified atom stereocenters. The van der Waals surface area contributed by atoms with Crippen molar-refractivity contribution in [3.05, 3.63) is 62.1 Å². The van der Waals surface area contributed by atoms with Crippen LogP contribution in [-0.4, -0.2) is 13.3 Å². The Kier molecular flexibility index (Phi) is 4.60. The summed E-state index contributed by atoms with van der Waals surface area (Å²) < 4.78 is 27.2. The maximum absolute atomic E-state index is 12.5. The highest BCUT2D eigenvalue weighted by molar-refractivity contribution is 7.93. The van der Waals surface area contributed by atoms with Gasteiger partial charge in [-0.2, -0.15) is 0 Å². The predicted octanol–water partition coefficient (Wildman–Crippen LogP) is 4.01. The molecule has 0 aliphatic heterocycles. The largest absolute Gasteiger partial charge is 0.290 e. The van der Waals surface area contributed by atoms with Crippen LogP contribution in [0.5, 0.6) is 0 Å². The maximum atomic E-state index is 12.5. The van der Waals surface area contributed by atoms with Crippen molar-refractivity contribution in [2.45, 2.75) is 11.8 Å². The van der Waals surface area contributed by atoms with Gasteiger partial charge < -0.3 is 0 Å². The minimum Gasteiger partial charge on any atom is -0.278 e. The lowest BCUT2D eigenvalue weighted by atomic mass is 10.2. The van der Waals surface area contributed by atoms with E-state index in [2.05, 4.69) is 4.72 Å². The lowest BCUT2D eigenvalue weighted by Gasteiger charge is -2.12. The van der Waals surface area contributed by atoms with E-state index in [4.69, 9.17) is 23.2 Å². The summed E-state index contributed by atoms with van der Waals surface area (Å²) in [5.41, 5.74) is -0.159. The minimum atomic E-state index is -4.17. The number of nitro benzene ring substituents is 1. The molecule has 0 amide bonds. The number of nitro groups is 1. The molecule has 22 heavy (non-hydrogen) atoms. The fraction of sp³-hybridized carbons (Fsp3) is 0.0769. The molecule has 0 fully saturated rings. The molecule has 0 bridgehead atoms. The third kappa shape index (κ3) is 3.32. The summed E-state index contributed by atoms with van der Waals surface area (Å²) in [6, 6.07) is 8.23. The third-order valence-corrected chi connectivity index (χ3v) is 4.94. The summed E-state index contributed by atoms with van der Waals surface area (Å²) in [5, 5.41) is 11.5. The summed E-state index contributed by atoms with van der Waals surface area (Å²) >= 11 is 11.7. The van der Waals surface area contributed by atoms with E-state index in [9.17, 15) is 18.5 Å². The average Bonchev–Trinajstić information content (AvgIpc) is 2.41. The van der Waals surface area contributed by atoms with Crippen LogP contribution in [0, 0.1) is 17.0 Å². The Hall–Kier alpha value is -1.83. The zero-order valence-electron chi connectivity index (χ0n) is 11.2. The predicted molar refractivity (Wildman–Crippen MR) is 85.1 cm³/mol. The van der Waals surface area contributed by atoms with Crippen molar-refractivity contribution < 1.29 is 13.3 Å². The first kappa shape index (κ1) is 16.5. The van der Waals surface area contributed by atoms with Crippen LogP contribution in [0.2, 0.25) is 10.0 Å². The Balaban J connectivity index is 2.54. The third-order valence-electron chi connectivity index (χ3n) is 2.83. The van der Waals surface area contributed by atoms with E-state index in [-0.39, 0.29) is 16.3 Å².